The maximum Gasteiger partial charge on any atom is 0.319 e. The smallest absolute Gasteiger partial charge is 0.319 e. The molecule has 0 unspecified atom stereocenters. The number of amides is 1. The Bertz CT molecular complexity index is 2270. The molecule has 3 N–H and O–H groups in total. The van der Waals surface area contributed by atoms with Gasteiger partial charge in [-0.3, -0.25) is 15.0 Å². The van der Waals surface area contributed by atoms with Gasteiger partial charge in [-0.05, 0) is 68.7 Å². The summed E-state index contributed by atoms with van der Waals surface area (Å²) in [6.45, 7) is 3.87. The van der Waals surface area contributed by atoms with E-state index in [9.17, 15) is 14.4 Å². The maximum atomic E-state index is 17.3. The quantitative estimate of drug-likeness (QED) is 0.204. The van der Waals surface area contributed by atoms with Crippen LogP contribution in [0, 0.1) is 34.3 Å². The van der Waals surface area contributed by atoms with Gasteiger partial charge in [-0.2, -0.15) is 15.2 Å². The van der Waals surface area contributed by atoms with E-state index >= 15 is 8.78 Å². The highest BCUT2D eigenvalue weighted by atomic mass is 35.5. The van der Waals surface area contributed by atoms with Gasteiger partial charge in [0.2, 0.25) is 5.91 Å². The number of alkyl halides is 1. The van der Waals surface area contributed by atoms with E-state index in [0.717, 1.165) is 50.0 Å². The Labute approximate surface area is 319 Å². The van der Waals surface area contributed by atoms with E-state index < -0.39 is 23.3 Å². The summed E-state index contributed by atoms with van der Waals surface area (Å²) < 4.78 is 53.5. The molecule has 1 aliphatic carbocycles. The molecule has 7 heterocycles. The van der Waals surface area contributed by atoms with Crippen molar-refractivity contribution in [2.45, 2.75) is 75.2 Å². The van der Waals surface area contributed by atoms with Crippen molar-refractivity contribution < 1.29 is 22.7 Å². The summed E-state index contributed by atoms with van der Waals surface area (Å²) in [6, 6.07) is 6.55. The number of likely N-dealkylation sites (tertiary alicyclic amines) is 1. The summed E-state index contributed by atoms with van der Waals surface area (Å²) in [4.78, 5) is 29.2. The highest BCUT2D eigenvalue weighted by Gasteiger charge is 2.56. The monoisotopic (exact) mass is 776 g/mol. The van der Waals surface area contributed by atoms with E-state index in [0.29, 0.717) is 62.3 Å². The van der Waals surface area contributed by atoms with E-state index in [4.69, 9.17) is 27.1 Å². The van der Waals surface area contributed by atoms with E-state index in [1.807, 2.05) is 4.90 Å². The molecule has 2 aromatic carbocycles. The second kappa shape index (κ2) is 12.6. The lowest BCUT2D eigenvalue weighted by molar-refractivity contribution is -0.142. The molecule has 54 heavy (non-hydrogen) atoms. The van der Waals surface area contributed by atoms with Gasteiger partial charge in [0, 0.05) is 66.9 Å². The van der Waals surface area contributed by atoms with Crippen molar-refractivity contribution in [2.24, 2.45) is 11.3 Å². The summed E-state index contributed by atoms with van der Waals surface area (Å²) in [6.07, 6.45) is 6.33. The number of aromatic nitrogens is 2. The summed E-state index contributed by atoms with van der Waals surface area (Å²) in [5.41, 5.74) is 5.72. The highest BCUT2D eigenvalue weighted by molar-refractivity contribution is 7.23. The number of ether oxygens (including phenoxy) is 1. The van der Waals surface area contributed by atoms with Crippen LogP contribution in [0.3, 0.4) is 0 Å². The third kappa shape index (κ3) is 5.51. The van der Waals surface area contributed by atoms with Crippen LogP contribution in [0.25, 0.3) is 32.1 Å². The molecule has 5 saturated heterocycles. The van der Waals surface area contributed by atoms with Gasteiger partial charge in [0.25, 0.3) is 0 Å². The van der Waals surface area contributed by atoms with Crippen molar-refractivity contribution in [3.8, 4) is 23.2 Å². The lowest BCUT2D eigenvalue weighted by Crippen LogP contribution is -2.63. The summed E-state index contributed by atoms with van der Waals surface area (Å²) in [5.74, 6) is -0.0438. The molecule has 1 spiro atoms. The molecule has 6 fully saturated rings. The summed E-state index contributed by atoms with van der Waals surface area (Å²) in [7, 11) is 0. The van der Waals surface area contributed by atoms with Gasteiger partial charge < -0.3 is 20.3 Å². The number of nitrogens with zero attached hydrogens (tertiary/aromatic N) is 6. The molecule has 4 atom stereocenters. The Balaban J connectivity index is 1.05. The fourth-order valence-corrected chi connectivity index (χ4v) is 11.3. The Morgan fingerprint density at radius 1 is 1.15 bits per heavy atom. The van der Waals surface area contributed by atoms with Crippen LogP contribution in [0.4, 0.5) is 24.0 Å². The van der Waals surface area contributed by atoms with Crippen molar-refractivity contribution in [2.75, 3.05) is 56.5 Å². The largest absolute Gasteiger partial charge is 0.461 e. The molecule has 0 radical (unpaired) electrons. The fraction of sp³-hybridized carbons (Fsp3) is 0.538. The van der Waals surface area contributed by atoms with Gasteiger partial charge in [0.05, 0.1) is 20.8 Å². The second-order valence-electron chi connectivity index (χ2n) is 16.5. The van der Waals surface area contributed by atoms with Crippen molar-refractivity contribution in [1.82, 2.24) is 25.1 Å². The number of hydrogen-bond donors (Lipinski definition) is 2. The van der Waals surface area contributed by atoms with E-state index in [-0.39, 0.29) is 72.3 Å². The normalized spacial score (nSPS) is 27.6. The van der Waals surface area contributed by atoms with Crippen LogP contribution in [0.1, 0.15) is 56.9 Å². The van der Waals surface area contributed by atoms with Gasteiger partial charge in [0.1, 0.15) is 47.0 Å². The highest BCUT2D eigenvalue weighted by Crippen LogP contribution is 2.48. The number of nitrogens with one attached hydrogen (secondary N) is 1. The maximum absolute atomic E-state index is 17.3. The molecule has 4 aromatic rings. The third-order valence-corrected chi connectivity index (χ3v) is 14.2. The number of halogens is 4. The number of carbonyl (C=O) groups excluding carboxylic acids is 1. The van der Waals surface area contributed by atoms with Crippen LogP contribution in [0.2, 0.25) is 5.02 Å². The Morgan fingerprint density at radius 2 is 1.98 bits per heavy atom. The van der Waals surface area contributed by atoms with Gasteiger partial charge >= 0.3 is 6.01 Å². The van der Waals surface area contributed by atoms with Crippen LogP contribution in [0.5, 0.6) is 6.01 Å². The molecule has 15 heteroatoms. The number of nitrogens with two attached hydrogens (primary N) is 1. The van der Waals surface area contributed by atoms with Crippen LogP contribution in [-0.4, -0.2) is 95.3 Å². The van der Waals surface area contributed by atoms with E-state index in [2.05, 4.69) is 26.2 Å². The number of nitrogen functional groups attached to an aromatic ring is 1. The number of benzene rings is 2. The zero-order valence-corrected chi connectivity index (χ0v) is 31.2. The first-order valence-electron chi connectivity index (χ1n) is 19.0. The average molecular weight is 777 g/mol. The molecule has 5 aliphatic heterocycles. The van der Waals surface area contributed by atoms with Crippen LogP contribution in [0.15, 0.2) is 18.2 Å². The Hall–Kier alpha value is -3.90. The number of nitriles is 1. The van der Waals surface area contributed by atoms with Crippen molar-refractivity contribution in [1.29, 1.82) is 5.26 Å². The zero-order chi connectivity index (χ0) is 37.1. The zero-order valence-electron chi connectivity index (χ0n) is 29.6. The molecular formula is C39H40ClF3N8O2S. The average Bonchev–Trinajstić information content (AvgIpc) is 4.04. The molecular weight excluding hydrogens is 737 g/mol. The minimum atomic E-state index is -0.946. The van der Waals surface area contributed by atoms with E-state index in [1.165, 1.54) is 25.0 Å². The molecule has 282 valence electrons. The van der Waals surface area contributed by atoms with E-state index in [1.54, 1.807) is 6.07 Å². The Morgan fingerprint density at radius 3 is 2.78 bits per heavy atom. The summed E-state index contributed by atoms with van der Waals surface area (Å²) in [5, 5.41) is 14.1. The molecule has 10 nitrogen and oxygen atoms in total. The number of fused-ring (bicyclic) bond motifs is 3. The lowest BCUT2D eigenvalue weighted by Gasteiger charge is -2.51. The molecule has 1 saturated carbocycles. The molecule has 6 aliphatic rings. The van der Waals surface area contributed by atoms with Crippen LogP contribution < -0.4 is 20.7 Å². The number of rotatable bonds is 7. The van der Waals surface area contributed by atoms with Gasteiger partial charge in [-0.1, -0.05) is 24.1 Å². The molecule has 1 amide bonds. The standard InChI is InChI=1S/C39H40ClF3N8O2S/c40-25-12-23-31(29(43)28(25)22-6-7-26(42)33-27(22)24(14-44)34(45)54-33)47-37(53-19-39-9-3-11-51(39)15-21(41)13-39)48-35(23)49-10-2-1-8-38(16-49)17-50(18-38)36(52)32-30(46-32)20-4-5-20/h6-7,12,20-21,30,32,46H,1-5,8-11,13,15-19,45H2/t21-,30+,32-,39+/m1/s1. The van der Waals surface area contributed by atoms with Gasteiger partial charge in [0.15, 0.2) is 5.82 Å². The van der Waals surface area contributed by atoms with Crippen molar-refractivity contribution in [3.05, 3.63) is 40.4 Å². The number of carbonyl (C=O) groups is 1. The topological polar surface area (TPSA) is 134 Å². The minimum Gasteiger partial charge on any atom is -0.461 e. The number of anilines is 2. The predicted molar refractivity (Wildman–Crippen MR) is 201 cm³/mol. The van der Waals surface area contributed by atoms with Crippen LogP contribution >= 0.6 is 22.9 Å². The second-order valence-corrected chi connectivity index (χ2v) is 17.9. The lowest BCUT2D eigenvalue weighted by atomic mass is 9.75. The Kier molecular flexibility index (Phi) is 8.04. The minimum absolute atomic E-state index is 0.0235. The SMILES string of the molecule is N#Cc1c(N)sc2c(F)ccc(-c3c(Cl)cc4c(N5CCCCC6(CN(C(=O)[C@@H]7N[C@H]7C7CC7)C6)C5)nc(OC[C@@]56CCCN5C[C@H](F)C6)nc4c3F)c12. The van der Waals surface area contributed by atoms with Crippen LogP contribution in [-0.2, 0) is 4.79 Å². The molecule has 0 bridgehead atoms. The summed E-state index contributed by atoms with van der Waals surface area (Å²) >= 11 is 7.90. The third-order valence-electron chi connectivity index (χ3n) is 12.9. The van der Waals surface area contributed by atoms with Crippen molar-refractivity contribution in [3.63, 3.8) is 0 Å². The predicted octanol–water partition coefficient (Wildman–Crippen LogP) is 6.42. The molecule has 2 aromatic heterocycles. The number of thiophene rings is 1. The molecule has 10 rings (SSSR count). The van der Waals surface area contributed by atoms with Gasteiger partial charge in [-0.15, -0.1) is 11.3 Å². The fourth-order valence-electron chi connectivity index (χ4n) is 10.0. The van der Waals surface area contributed by atoms with Gasteiger partial charge in [-0.25, -0.2) is 13.2 Å². The first-order valence-corrected chi connectivity index (χ1v) is 20.2. The first kappa shape index (κ1) is 34.6. The van der Waals surface area contributed by atoms with Crippen molar-refractivity contribution >= 4 is 60.7 Å². The first-order chi connectivity index (χ1) is 26.1. The number of hydrogen-bond acceptors (Lipinski definition) is 10.